The second kappa shape index (κ2) is 6.89. The number of aliphatic hydroxyl groups excluding tert-OH is 1. The highest BCUT2D eigenvalue weighted by atomic mass is 35.5. The van der Waals surface area contributed by atoms with Gasteiger partial charge in [-0.25, -0.2) is 0 Å². The molecule has 0 saturated carbocycles. The molecule has 2 rings (SSSR count). The fourth-order valence-corrected chi connectivity index (χ4v) is 2.40. The molecule has 1 heterocycles. The lowest BCUT2D eigenvalue weighted by Crippen LogP contribution is -2.53. The molecule has 1 saturated heterocycles. The fourth-order valence-electron chi connectivity index (χ4n) is 2.27. The first-order valence-electron chi connectivity index (χ1n) is 6.56. The molecule has 1 aliphatic heterocycles. The zero-order valence-electron chi connectivity index (χ0n) is 11.6. The molecule has 6 nitrogen and oxygen atoms in total. The van der Waals surface area contributed by atoms with Crippen LogP contribution in [0.4, 0.5) is 0 Å². The number of likely N-dealkylation sites (N-methyl/N-ethyl adjacent to an activating group) is 1. The smallest absolute Gasteiger partial charge is 0.251 e. The number of ether oxygens (including phenoxy) is 1. The van der Waals surface area contributed by atoms with E-state index in [1.165, 1.54) is 4.90 Å². The van der Waals surface area contributed by atoms with Crippen LogP contribution < -0.4 is 5.32 Å². The Morgan fingerprint density at radius 1 is 1.48 bits per heavy atom. The van der Waals surface area contributed by atoms with Crippen molar-refractivity contribution in [1.29, 1.82) is 0 Å². The third kappa shape index (κ3) is 3.53. The van der Waals surface area contributed by atoms with Gasteiger partial charge in [0.2, 0.25) is 5.91 Å². The molecule has 7 heteroatoms. The Kier molecular flexibility index (Phi) is 5.17. The van der Waals surface area contributed by atoms with Crippen LogP contribution in [0, 0.1) is 0 Å². The highest BCUT2D eigenvalue weighted by Gasteiger charge is 2.39. The number of carbonyl (C=O) groups is 2. The van der Waals surface area contributed by atoms with E-state index in [9.17, 15) is 9.59 Å². The maximum Gasteiger partial charge on any atom is 0.251 e. The molecule has 1 aromatic carbocycles. The van der Waals surface area contributed by atoms with Gasteiger partial charge in [0.15, 0.2) is 6.10 Å². The summed E-state index contributed by atoms with van der Waals surface area (Å²) in [5.41, 5.74) is 0.763. The molecule has 21 heavy (non-hydrogen) atoms. The van der Waals surface area contributed by atoms with E-state index >= 15 is 0 Å². The molecule has 1 aliphatic rings. The Balaban J connectivity index is 2.26. The van der Waals surface area contributed by atoms with Crippen molar-refractivity contribution in [3.8, 4) is 0 Å². The molecule has 0 aliphatic carbocycles. The lowest BCUT2D eigenvalue weighted by atomic mass is 9.97. The summed E-state index contributed by atoms with van der Waals surface area (Å²) in [5.74, 6) is -0.551. The minimum Gasteiger partial charge on any atom is -0.395 e. The molecule has 0 bridgehead atoms. The standard InChI is InChI=1S/C14H17ClN2O4/c1-17-11(19)8-21-13(14(20)16-6-7-18)12(17)9-2-4-10(15)5-3-9/h2-5,12-13,18H,6-8H2,1H3,(H,16,20). The normalized spacial score (nSPS) is 22.2. The first-order chi connectivity index (χ1) is 10.0. The van der Waals surface area contributed by atoms with Gasteiger partial charge in [-0.15, -0.1) is 0 Å². The summed E-state index contributed by atoms with van der Waals surface area (Å²) >= 11 is 5.86. The number of amides is 2. The summed E-state index contributed by atoms with van der Waals surface area (Å²) < 4.78 is 5.40. The van der Waals surface area contributed by atoms with E-state index < -0.39 is 12.1 Å². The Hall–Kier alpha value is -1.63. The van der Waals surface area contributed by atoms with Crippen LogP contribution >= 0.6 is 11.6 Å². The number of halogens is 1. The van der Waals surface area contributed by atoms with Crippen LogP contribution in [0.2, 0.25) is 5.02 Å². The average Bonchev–Trinajstić information content (AvgIpc) is 2.48. The number of rotatable bonds is 4. The van der Waals surface area contributed by atoms with Crippen molar-refractivity contribution in [2.24, 2.45) is 0 Å². The summed E-state index contributed by atoms with van der Waals surface area (Å²) in [6.07, 6.45) is -0.819. The van der Waals surface area contributed by atoms with Gasteiger partial charge >= 0.3 is 0 Å². The van der Waals surface area contributed by atoms with Crippen molar-refractivity contribution in [2.75, 3.05) is 26.8 Å². The number of nitrogens with one attached hydrogen (secondary N) is 1. The van der Waals surface area contributed by atoms with Crippen molar-refractivity contribution in [2.45, 2.75) is 12.1 Å². The molecule has 2 N–H and O–H groups in total. The topological polar surface area (TPSA) is 78.9 Å². The van der Waals surface area contributed by atoms with Crippen LogP contribution in [-0.2, 0) is 14.3 Å². The first kappa shape index (κ1) is 15.8. The maximum atomic E-state index is 12.1. The molecule has 1 aromatic rings. The van der Waals surface area contributed by atoms with Gasteiger partial charge in [-0.3, -0.25) is 9.59 Å². The number of benzene rings is 1. The summed E-state index contributed by atoms with van der Waals surface area (Å²) in [6.45, 7) is -0.152. The molecule has 2 unspecified atom stereocenters. The van der Waals surface area contributed by atoms with Crippen molar-refractivity contribution in [3.63, 3.8) is 0 Å². The average molecular weight is 313 g/mol. The second-order valence-electron chi connectivity index (χ2n) is 4.75. The molecule has 2 atom stereocenters. The first-order valence-corrected chi connectivity index (χ1v) is 6.93. The van der Waals surface area contributed by atoms with Gasteiger partial charge in [-0.1, -0.05) is 23.7 Å². The summed E-state index contributed by atoms with van der Waals surface area (Å²) in [4.78, 5) is 25.5. The summed E-state index contributed by atoms with van der Waals surface area (Å²) in [7, 11) is 1.64. The Labute approximate surface area is 127 Å². The number of carbonyl (C=O) groups excluding carboxylic acids is 2. The molecular formula is C14H17ClN2O4. The largest absolute Gasteiger partial charge is 0.395 e. The molecule has 0 aromatic heterocycles. The Morgan fingerprint density at radius 2 is 2.14 bits per heavy atom. The molecule has 114 valence electrons. The van der Waals surface area contributed by atoms with E-state index in [1.807, 2.05) is 0 Å². The maximum absolute atomic E-state index is 12.1. The quantitative estimate of drug-likeness (QED) is 0.841. The lowest BCUT2D eigenvalue weighted by Gasteiger charge is -2.38. The Bertz CT molecular complexity index is 520. The SMILES string of the molecule is CN1C(=O)COC(C(=O)NCCO)C1c1ccc(Cl)cc1. The van der Waals surface area contributed by atoms with Crippen molar-refractivity contribution in [1.82, 2.24) is 10.2 Å². The van der Waals surface area contributed by atoms with Gasteiger partial charge in [-0.05, 0) is 17.7 Å². The number of hydrogen-bond acceptors (Lipinski definition) is 4. The van der Waals surface area contributed by atoms with E-state index in [0.29, 0.717) is 5.02 Å². The van der Waals surface area contributed by atoms with Crippen LogP contribution in [0.3, 0.4) is 0 Å². The summed E-state index contributed by atoms with van der Waals surface area (Å²) in [6, 6.07) is 6.40. The highest BCUT2D eigenvalue weighted by Crippen LogP contribution is 2.29. The molecule has 2 amide bonds. The number of morpholine rings is 1. The monoisotopic (exact) mass is 312 g/mol. The number of aliphatic hydroxyl groups is 1. The van der Waals surface area contributed by atoms with Gasteiger partial charge in [0.1, 0.15) is 6.61 Å². The number of nitrogens with zero attached hydrogens (tertiary/aromatic N) is 1. The van der Waals surface area contributed by atoms with E-state index in [1.54, 1.807) is 31.3 Å². The summed E-state index contributed by atoms with van der Waals surface area (Å²) in [5, 5.41) is 11.9. The van der Waals surface area contributed by atoms with Crippen molar-refractivity contribution >= 4 is 23.4 Å². The van der Waals surface area contributed by atoms with Gasteiger partial charge in [0.25, 0.3) is 5.91 Å². The molecule has 0 radical (unpaired) electrons. The van der Waals surface area contributed by atoms with Gasteiger partial charge < -0.3 is 20.1 Å². The molecular weight excluding hydrogens is 296 g/mol. The lowest BCUT2D eigenvalue weighted by molar-refractivity contribution is -0.162. The predicted octanol–water partition coefficient (Wildman–Crippen LogP) is 0.347. The number of hydrogen-bond donors (Lipinski definition) is 2. The van der Waals surface area contributed by atoms with Gasteiger partial charge in [0, 0.05) is 18.6 Å². The predicted molar refractivity (Wildman–Crippen MR) is 76.8 cm³/mol. The van der Waals surface area contributed by atoms with Crippen LogP contribution in [0.5, 0.6) is 0 Å². The Morgan fingerprint density at radius 3 is 2.76 bits per heavy atom. The van der Waals surface area contributed by atoms with E-state index in [0.717, 1.165) is 5.56 Å². The fraction of sp³-hybridized carbons (Fsp3) is 0.429. The van der Waals surface area contributed by atoms with Crippen LogP contribution in [0.15, 0.2) is 24.3 Å². The minimum absolute atomic E-state index is 0.141. The van der Waals surface area contributed by atoms with E-state index in [4.69, 9.17) is 21.4 Å². The van der Waals surface area contributed by atoms with Gasteiger partial charge in [-0.2, -0.15) is 0 Å². The van der Waals surface area contributed by atoms with Crippen LogP contribution in [-0.4, -0.2) is 54.7 Å². The van der Waals surface area contributed by atoms with Crippen molar-refractivity contribution < 1.29 is 19.4 Å². The minimum atomic E-state index is -0.819. The van der Waals surface area contributed by atoms with E-state index in [2.05, 4.69) is 5.32 Å². The van der Waals surface area contributed by atoms with E-state index in [-0.39, 0.29) is 31.6 Å². The second-order valence-corrected chi connectivity index (χ2v) is 5.18. The van der Waals surface area contributed by atoms with Gasteiger partial charge in [0.05, 0.1) is 12.6 Å². The van der Waals surface area contributed by atoms with Crippen molar-refractivity contribution in [3.05, 3.63) is 34.9 Å². The zero-order valence-corrected chi connectivity index (χ0v) is 12.3. The molecule has 1 fully saturated rings. The third-order valence-corrected chi connectivity index (χ3v) is 3.62. The van der Waals surface area contributed by atoms with Crippen LogP contribution in [0.1, 0.15) is 11.6 Å². The third-order valence-electron chi connectivity index (χ3n) is 3.36. The van der Waals surface area contributed by atoms with Crippen LogP contribution in [0.25, 0.3) is 0 Å². The molecule has 0 spiro atoms. The zero-order chi connectivity index (χ0) is 15.4. The highest BCUT2D eigenvalue weighted by molar-refractivity contribution is 6.30.